The average molecular weight is 224 g/mol. The summed E-state index contributed by atoms with van der Waals surface area (Å²) in [5.74, 6) is 0.342. The molecule has 0 saturated heterocycles. The summed E-state index contributed by atoms with van der Waals surface area (Å²) in [6.45, 7) is 6.55. The Bertz CT molecular complexity index is 315. The van der Waals surface area contributed by atoms with E-state index in [9.17, 15) is 4.39 Å². The van der Waals surface area contributed by atoms with Crippen molar-refractivity contribution in [3.8, 4) is 0 Å². The van der Waals surface area contributed by atoms with E-state index in [1.165, 1.54) is 6.07 Å². The van der Waals surface area contributed by atoms with Gasteiger partial charge in [-0.15, -0.1) is 0 Å². The quantitative estimate of drug-likeness (QED) is 0.805. The van der Waals surface area contributed by atoms with Crippen LogP contribution in [0.4, 0.5) is 10.1 Å². The molecule has 3 heteroatoms. The van der Waals surface area contributed by atoms with Crippen molar-refractivity contribution in [3.63, 3.8) is 0 Å². The first-order valence-electron chi connectivity index (χ1n) is 5.88. The molecular weight excluding hydrogens is 203 g/mol. The van der Waals surface area contributed by atoms with Crippen molar-refractivity contribution in [3.05, 3.63) is 30.1 Å². The molecule has 2 nitrogen and oxygen atoms in total. The lowest BCUT2D eigenvalue weighted by atomic mass is 10.1. The Hall–Kier alpha value is -1.09. The van der Waals surface area contributed by atoms with E-state index in [0.29, 0.717) is 18.2 Å². The number of anilines is 1. The second-order valence-electron chi connectivity index (χ2n) is 4.17. The summed E-state index contributed by atoms with van der Waals surface area (Å²) in [5, 5.41) is 0. The predicted molar refractivity (Wildman–Crippen MR) is 67.1 cm³/mol. The van der Waals surface area contributed by atoms with Crippen molar-refractivity contribution in [1.82, 2.24) is 0 Å². The highest BCUT2D eigenvalue weighted by Gasteiger charge is 2.12. The smallest absolute Gasteiger partial charge is 0.146 e. The van der Waals surface area contributed by atoms with Crippen LogP contribution in [-0.4, -0.2) is 19.6 Å². The lowest BCUT2D eigenvalue weighted by molar-refractivity contribution is 0.522. The highest BCUT2D eigenvalue weighted by molar-refractivity contribution is 5.47. The minimum Gasteiger partial charge on any atom is -0.369 e. The Morgan fingerprint density at radius 3 is 2.62 bits per heavy atom. The van der Waals surface area contributed by atoms with Gasteiger partial charge in [-0.1, -0.05) is 19.1 Å². The molecule has 0 aliphatic rings. The Labute approximate surface area is 97.3 Å². The van der Waals surface area contributed by atoms with Gasteiger partial charge in [0.05, 0.1) is 5.69 Å². The topological polar surface area (TPSA) is 29.3 Å². The van der Waals surface area contributed by atoms with Crippen LogP contribution in [-0.2, 0) is 0 Å². The number of rotatable bonds is 6. The zero-order valence-corrected chi connectivity index (χ0v) is 10.1. The molecule has 1 aromatic carbocycles. The molecule has 0 amide bonds. The second kappa shape index (κ2) is 6.48. The SMILES string of the molecule is CCN(CC(C)CCN)c1ccccc1F. The fraction of sp³-hybridized carbons (Fsp3) is 0.538. The molecule has 1 atom stereocenters. The standard InChI is InChI=1S/C13H21FN2/c1-3-16(10-11(2)8-9-15)13-7-5-4-6-12(13)14/h4-7,11H,3,8-10,15H2,1-2H3. The van der Waals surface area contributed by atoms with Gasteiger partial charge < -0.3 is 10.6 Å². The van der Waals surface area contributed by atoms with Gasteiger partial charge in [0.25, 0.3) is 0 Å². The molecule has 0 aromatic heterocycles. The van der Waals surface area contributed by atoms with Crippen molar-refractivity contribution < 1.29 is 4.39 Å². The molecule has 0 fully saturated rings. The highest BCUT2D eigenvalue weighted by atomic mass is 19.1. The van der Waals surface area contributed by atoms with Crippen LogP contribution in [0, 0.1) is 11.7 Å². The molecule has 0 aliphatic carbocycles. The summed E-state index contributed by atoms with van der Waals surface area (Å²) in [7, 11) is 0. The number of hydrogen-bond donors (Lipinski definition) is 1. The maximum atomic E-state index is 13.6. The van der Waals surface area contributed by atoms with Crippen LogP contribution >= 0.6 is 0 Å². The number of halogens is 1. The fourth-order valence-corrected chi connectivity index (χ4v) is 1.86. The molecule has 1 aromatic rings. The average Bonchev–Trinajstić information content (AvgIpc) is 2.27. The van der Waals surface area contributed by atoms with Gasteiger partial charge in [0.15, 0.2) is 0 Å². The van der Waals surface area contributed by atoms with Crippen LogP contribution in [0.2, 0.25) is 0 Å². The summed E-state index contributed by atoms with van der Waals surface area (Å²) in [6.07, 6.45) is 0.977. The van der Waals surface area contributed by atoms with Crippen LogP contribution < -0.4 is 10.6 Å². The highest BCUT2D eigenvalue weighted by Crippen LogP contribution is 2.20. The van der Waals surface area contributed by atoms with E-state index in [1.54, 1.807) is 6.07 Å². The Balaban J connectivity index is 2.71. The number of hydrogen-bond acceptors (Lipinski definition) is 2. The third-order valence-corrected chi connectivity index (χ3v) is 2.77. The van der Waals surface area contributed by atoms with Crippen molar-refractivity contribution in [1.29, 1.82) is 0 Å². The van der Waals surface area contributed by atoms with Gasteiger partial charge in [0, 0.05) is 13.1 Å². The van der Waals surface area contributed by atoms with Crippen LogP contribution in [0.1, 0.15) is 20.3 Å². The number of nitrogens with zero attached hydrogens (tertiary/aromatic N) is 1. The molecule has 0 heterocycles. The Morgan fingerprint density at radius 1 is 1.38 bits per heavy atom. The van der Waals surface area contributed by atoms with Crippen LogP contribution in [0.5, 0.6) is 0 Å². The number of para-hydroxylation sites is 1. The van der Waals surface area contributed by atoms with Crippen molar-refractivity contribution in [2.45, 2.75) is 20.3 Å². The zero-order chi connectivity index (χ0) is 12.0. The molecule has 2 N–H and O–H groups in total. The van der Waals surface area contributed by atoms with Crippen molar-refractivity contribution >= 4 is 5.69 Å². The van der Waals surface area contributed by atoms with Gasteiger partial charge >= 0.3 is 0 Å². The second-order valence-corrected chi connectivity index (χ2v) is 4.17. The molecule has 1 rings (SSSR count). The first-order valence-corrected chi connectivity index (χ1v) is 5.88. The maximum absolute atomic E-state index is 13.6. The van der Waals surface area contributed by atoms with Gasteiger partial charge in [0.2, 0.25) is 0 Å². The molecule has 1 unspecified atom stereocenters. The van der Waals surface area contributed by atoms with Crippen molar-refractivity contribution in [2.24, 2.45) is 11.7 Å². The van der Waals surface area contributed by atoms with Crippen LogP contribution in [0.15, 0.2) is 24.3 Å². The molecular formula is C13H21FN2. The molecule has 0 spiro atoms. The lowest BCUT2D eigenvalue weighted by Gasteiger charge is -2.26. The van der Waals surface area contributed by atoms with E-state index in [-0.39, 0.29) is 5.82 Å². The van der Waals surface area contributed by atoms with Gasteiger partial charge in [0.1, 0.15) is 5.82 Å². The summed E-state index contributed by atoms with van der Waals surface area (Å²) in [6, 6.07) is 6.92. The summed E-state index contributed by atoms with van der Waals surface area (Å²) < 4.78 is 13.6. The largest absolute Gasteiger partial charge is 0.369 e. The maximum Gasteiger partial charge on any atom is 0.146 e. The van der Waals surface area contributed by atoms with E-state index >= 15 is 0 Å². The molecule has 0 aliphatic heterocycles. The van der Waals surface area contributed by atoms with Gasteiger partial charge in [-0.05, 0) is 37.9 Å². The number of nitrogens with two attached hydrogens (primary N) is 1. The molecule has 0 radical (unpaired) electrons. The monoisotopic (exact) mass is 224 g/mol. The van der Waals surface area contributed by atoms with E-state index in [4.69, 9.17) is 5.73 Å². The van der Waals surface area contributed by atoms with Crippen molar-refractivity contribution in [2.75, 3.05) is 24.5 Å². The van der Waals surface area contributed by atoms with Crippen LogP contribution in [0.25, 0.3) is 0 Å². The van der Waals surface area contributed by atoms with Crippen LogP contribution in [0.3, 0.4) is 0 Å². The third-order valence-electron chi connectivity index (χ3n) is 2.77. The lowest BCUT2D eigenvalue weighted by Crippen LogP contribution is -2.29. The normalized spacial score (nSPS) is 12.5. The summed E-state index contributed by atoms with van der Waals surface area (Å²) in [4.78, 5) is 2.07. The first-order chi connectivity index (χ1) is 7.69. The minimum atomic E-state index is -0.149. The van der Waals surface area contributed by atoms with E-state index in [1.807, 2.05) is 19.1 Å². The van der Waals surface area contributed by atoms with Gasteiger partial charge in [-0.25, -0.2) is 4.39 Å². The number of benzene rings is 1. The van der Waals surface area contributed by atoms with Gasteiger partial charge in [-0.2, -0.15) is 0 Å². The zero-order valence-electron chi connectivity index (χ0n) is 10.1. The molecule has 16 heavy (non-hydrogen) atoms. The molecule has 90 valence electrons. The summed E-state index contributed by atoms with van der Waals surface area (Å²) in [5.41, 5.74) is 6.21. The van der Waals surface area contributed by atoms with Gasteiger partial charge in [-0.3, -0.25) is 0 Å². The van der Waals surface area contributed by atoms with E-state index < -0.39 is 0 Å². The fourth-order valence-electron chi connectivity index (χ4n) is 1.86. The summed E-state index contributed by atoms with van der Waals surface area (Å²) >= 11 is 0. The molecule has 0 saturated carbocycles. The molecule has 0 bridgehead atoms. The Morgan fingerprint density at radius 2 is 2.06 bits per heavy atom. The first kappa shape index (κ1) is 13.0. The van der Waals surface area contributed by atoms with E-state index in [0.717, 1.165) is 19.5 Å². The third kappa shape index (κ3) is 3.49. The Kier molecular flexibility index (Phi) is 5.26. The van der Waals surface area contributed by atoms with E-state index in [2.05, 4.69) is 11.8 Å². The predicted octanol–water partition coefficient (Wildman–Crippen LogP) is 2.64. The minimum absolute atomic E-state index is 0.149.